The third kappa shape index (κ3) is 2.53. The highest BCUT2D eigenvalue weighted by molar-refractivity contribution is 5.95. The molecule has 104 valence electrons. The van der Waals surface area contributed by atoms with Crippen molar-refractivity contribution in [2.24, 2.45) is 0 Å². The van der Waals surface area contributed by atoms with Gasteiger partial charge in [-0.25, -0.2) is 0 Å². The van der Waals surface area contributed by atoms with E-state index in [1.807, 2.05) is 30.3 Å². The van der Waals surface area contributed by atoms with E-state index in [9.17, 15) is 4.79 Å². The summed E-state index contributed by atoms with van der Waals surface area (Å²) in [6.07, 6.45) is 5.26. The molecule has 3 rings (SSSR count). The first-order valence-electron chi connectivity index (χ1n) is 6.56. The summed E-state index contributed by atoms with van der Waals surface area (Å²) in [6.45, 7) is 0. The van der Waals surface area contributed by atoms with E-state index in [0.717, 1.165) is 22.4 Å². The molecule has 5 heteroatoms. The molecular weight excluding hydrogens is 264 g/mol. The summed E-state index contributed by atoms with van der Waals surface area (Å²) in [5.41, 5.74) is 4.42. The quantitative estimate of drug-likeness (QED) is 0.773. The second kappa shape index (κ2) is 5.58. The number of nitrogens with zero attached hydrogens (tertiary/aromatic N) is 2. The van der Waals surface area contributed by atoms with E-state index in [4.69, 9.17) is 0 Å². The summed E-state index contributed by atoms with van der Waals surface area (Å²) in [4.78, 5) is 15.8. The Balaban J connectivity index is 2.07. The lowest BCUT2D eigenvalue weighted by Crippen LogP contribution is -2.17. The lowest BCUT2D eigenvalue weighted by atomic mass is 10.0. The van der Waals surface area contributed by atoms with Crippen molar-refractivity contribution in [2.75, 3.05) is 7.05 Å². The molecule has 2 heterocycles. The molecule has 0 radical (unpaired) electrons. The van der Waals surface area contributed by atoms with Crippen LogP contribution in [0.1, 0.15) is 10.4 Å². The van der Waals surface area contributed by atoms with E-state index in [1.165, 1.54) is 0 Å². The molecule has 0 aliphatic carbocycles. The van der Waals surface area contributed by atoms with Crippen LogP contribution in [0.2, 0.25) is 0 Å². The number of amides is 1. The molecule has 1 amide bonds. The Labute approximate surface area is 122 Å². The number of rotatable bonds is 3. The number of aromatic nitrogens is 3. The van der Waals surface area contributed by atoms with Crippen LogP contribution < -0.4 is 5.32 Å². The minimum Gasteiger partial charge on any atom is -0.355 e. The summed E-state index contributed by atoms with van der Waals surface area (Å²) < 4.78 is 0. The van der Waals surface area contributed by atoms with Crippen LogP contribution in [0.25, 0.3) is 22.4 Å². The standard InChI is InChI=1S/C16H14N4O/c1-17-16(21)13-4-2-3-12(9-13)15-14(10-19-20-15)11-5-7-18-8-6-11/h2-10H,1H3,(H,17,21)(H,19,20). The van der Waals surface area contributed by atoms with E-state index in [2.05, 4.69) is 20.5 Å². The van der Waals surface area contributed by atoms with Gasteiger partial charge in [-0.3, -0.25) is 14.9 Å². The van der Waals surface area contributed by atoms with E-state index in [1.54, 1.807) is 31.7 Å². The van der Waals surface area contributed by atoms with Gasteiger partial charge >= 0.3 is 0 Å². The van der Waals surface area contributed by atoms with Gasteiger partial charge in [0.15, 0.2) is 0 Å². The van der Waals surface area contributed by atoms with Gasteiger partial charge in [-0.2, -0.15) is 5.10 Å². The van der Waals surface area contributed by atoms with Crippen molar-refractivity contribution < 1.29 is 4.79 Å². The Bertz CT molecular complexity index is 765. The topological polar surface area (TPSA) is 70.7 Å². The normalized spacial score (nSPS) is 10.3. The number of carbonyl (C=O) groups excluding carboxylic acids is 1. The molecule has 0 aliphatic heterocycles. The summed E-state index contributed by atoms with van der Waals surface area (Å²) in [5.74, 6) is -0.109. The second-order valence-corrected chi connectivity index (χ2v) is 4.55. The molecule has 0 unspecified atom stereocenters. The van der Waals surface area contributed by atoms with Crippen LogP contribution in [0.4, 0.5) is 0 Å². The van der Waals surface area contributed by atoms with Gasteiger partial charge in [0.25, 0.3) is 5.91 Å². The predicted octanol–water partition coefficient (Wildman–Crippen LogP) is 2.50. The maximum Gasteiger partial charge on any atom is 0.251 e. The van der Waals surface area contributed by atoms with Crippen LogP contribution in [0.5, 0.6) is 0 Å². The fraction of sp³-hybridized carbons (Fsp3) is 0.0625. The fourth-order valence-electron chi connectivity index (χ4n) is 2.22. The van der Waals surface area contributed by atoms with Crippen molar-refractivity contribution in [3.05, 3.63) is 60.6 Å². The summed E-state index contributed by atoms with van der Waals surface area (Å²) in [5, 5.41) is 9.75. The molecule has 0 aliphatic rings. The van der Waals surface area contributed by atoms with Gasteiger partial charge in [-0.1, -0.05) is 12.1 Å². The molecule has 1 aromatic carbocycles. The minimum atomic E-state index is -0.109. The molecular formula is C16H14N4O. The first-order chi connectivity index (χ1) is 10.3. The molecule has 0 bridgehead atoms. The SMILES string of the molecule is CNC(=O)c1cccc(-c2[nH]ncc2-c2ccncc2)c1. The highest BCUT2D eigenvalue weighted by Crippen LogP contribution is 2.29. The van der Waals surface area contributed by atoms with Crippen molar-refractivity contribution in [1.29, 1.82) is 0 Å². The van der Waals surface area contributed by atoms with E-state index >= 15 is 0 Å². The molecule has 3 aromatic rings. The second-order valence-electron chi connectivity index (χ2n) is 4.55. The molecule has 2 aromatic heterocycles. The predicted molar refractivity (Wildman–Crippen MR) is 80.6 cm³/mol. The number of H-pyrrole nitrogens is 1. The molecule has 0 atom stereocenters. The van der Waals surface area contributed by atoms with Crippen LogP contribution in [0.15, 0.2) is 55.0 Å². The largest absolute Gasteiger partial charge is 0.355 e. The molecule has 5 nitrogen and oxygen atoms in total. The Kier molecular flexibility index (Phi) is 3.47. The molecule has 0 saturated heterocycles. The highest BCUT2D eigenvalue weighted by atomic mass is 16.1. The molecule has 21 heavy (non-hydrogen) atoms. The maximum atomic E-state index is 11.7. The maximum absolute atomic E-state index is 11.7. The zero-order valence-electron chi connectivity index (χ0n) is 11.5. The van der Waals surface area contributed by atoms with Gasteiger partial charge in [-0.15, -0.1) is 0 Å². The van der Waals surface area contributed by atoms with Crippen molar-refractivity contribution in [1.82, 2.24) is 20.5 Å². The number of hydrogen-bond donors (Lipinski definition) is 2. The minimum absolute atomic E-state index is 0.109. The first-order valence-corrected chi connectivity index (χ1v) is 6.56. The number of carbonyl (C=O) groups is 1. The number of nitrogens with one attached hydrogen (secondary N) is 2. The highest BCUT2D eigenvalue weighted by Gasteiger charge is 2.11. The first kappa shape index (κ1) is 13.1. The number of benzene rings is 1. The number of hydrogen-bond acceptors (Lipinski definition) is 3. The zero-order chi connectivity index (χ0) is 14.7. The summed E-state index contributed by atoms with van der Waals surface area (Å²) in [6, 6.07) is 11.3. The van der Waals surface area contributed by atoms with Gasteiger partial charge in [0.05, 0.1) is 11.9 Å². The van der Waals surface area contributed by atoms with Crippen molar-refractivity contribution in [3.8, 4) is 22.4 Å². The Hall–Kier alpha value is -2.95. The van der Waals surface area contributed by atoms with Crippen LogP contribution in [0, 0.1) is 0 Å². The number of aromatic amines is 1. The van der Waals surface area contributed by atoms with Crippen LogP contribution >= 0.6 is 0 Å². The van der Waals surface area contributed by atoms with Gasteiger partial charge in [0, 0.05) is 36.1 Å². The Morgan fingerprint density at radius 1 is 1.14 bits per heavy atom. The smallest absolute Gasteiger partial charge is 0.251 e. The van der Waals surface area contributed by atoms with Gasteiger partial charge in [0.1, 0.15) is 0 Å². The summed E-state index contributed by atoms with van der Waals surface area (Å²) in [7, 11) is 1.62. The Morgan fingerprint density at radius 2 is 1.95 bits per heavy atom. The monoisotopic (exact) mass is 278 g/mol. The van der Waals surface area contributed by atoms with E-state index in [-0.39, 0.29) is 5.91 Å². The third-order valence-electron chi connectivity index (χ3n) is 3.27. The van der Waals surface area contributed by atoms with E-state index in [0.29, 0.717) is 5.56 Å². The summed E-state index contributed by atoms with van der Waals surface area (Å²) >= 11 is 0. The molecule has 2 N–H and O–H groups in total. The van der Waals surface area contributed by atoms with Crippen molar-refractivity contribution >= 4 is 5.91 Å². The van der Waals surface area contributed by atoms with Gasteiger partial charge in [-0.05, 0) is 29.8 Å². The average Bonchev–Trinajstić information content (AvgIpc) is 3.04. The third-order valence-corrected chi connectivity index (χ3v) is 3.27. The molecule has 0 spiro atoms. The lowest BCUT2D eigenvalue weighted by Gasteiger charge is -2.06. The lowest BCUT2D eigenvalue weighted by molar-refractivity contribution is 0.0963. The van der Waals surface area contributed by atoms with Crippen molar-refractivity contribution in [3.63, 3.8) is 0 Å². The van der Waals surface area contributed by atoms with Crippen LogP contribution in [-0.2, 0) is 0 Å². The van der Waals surface area contributed by atoms with Crippen LogP contribution in [0.3, 0.4) is 0 Å². The van der Waals surface area contributed by atoms with Gasteiger partial charge in [0.2, 0.25) is 0 Å². The molecule has 0 saturated carbocycles. The van der Waals surface area contributed by atoms with Crippen LogP contribution in [-0.4, -0.2) is 28.1 Å². The zero-order valence-corrected chi connectivity index (χ0v) is 11.5. The fourth-order valence-corrected chi connectivity index (χ4v) is 2.22. The number of pyridine rings is 1. The van der Waals surface area contributed by atoms with E-state index < -0.39 is 0 Å². The molecule has 0 fully saturated rings. The average molecular weight is 278 g/mol. The van der Waals surface area contributed by atoms with Crippen molar-refractivity contribution in [2.45, 2.75) is 0 Å². The van der Waals surface area contributed by atoms with Gasteiger partial charge < -0.3 is 5.32 Å². The Morgan fingerprint density at radius 3 is 2.71 bits per heavy atom.